The van der Waals surface area contributed by atoms with Crippen molar-refractivity contribution in [2.45, 2.75) is 71.3 Å². The maximum absolute atomic E-state index is 5.57. The van der Waals surface area contributed by atoms with Gasteiger partial charge in [0, 0.05) is 6.04 Å². The van der Waals surface area contributed by atoms with Crippen molar-refractivity contribution in [1.29, 1.82) is 0 Å². The summed E-state index contributed by atoms with van der Waals surface area (Å²) in [7, 11) is 1.79. The van der Waals surface area contributed by atoms with Crippen LogP contribution in [0, 0.1) is 0 Å². The van der Waals surface area contributed by atoms with Gasteiger partial charge in [-0.1, -0.05) is 45.7 Å². The monoisotopic (exact) mass is 339 g/mol. The van der Waals surface area contributed by atoms with E-state index in [1.165, 1.54) is 56.3 Å². The molecule has 132 valence electrons. The molecule has 2 nitrogen and oxygen atoms in total. The molecule has 2 rings (SSSR count). The molecule has 3 heteroatoms. The number of methoxy groups -OCH3 is 1. The summed E-state index contributed by atoms with van der Waals surface area (Å²) in [5.41, 5.74) is 2.95. The molecule has 23 heavy (non-hydrogen) atoms. The van der Waals surface area contributed by atoms with E-state index in [0.29, 0.717) is 12.0 Å². The first-order valence-corrected chi connectivity index (χ1v) is 9.12. The summed E-state index contributed by atoms with van der Waals surface area (Å²) in [5, 5.41) is 0. The fraction of sp³-hybridized carbons (Fsp3) is 0.700. The molecule has 0 aliphatic heterocycles. The van der Waals surface area contributed by atoms with Gasteiger partial charge in [-0.3, -0.25) is 4.90 Å². The summed E-state index contributed by atoms with van der Waals surface area (Å²) in [6.45, 7) is 9.49. The van der Waals surface area contributed by atoms with Crippen LogP contribution in [0.25, 0.3) is 0 Å². The third-order valence-electron chi connectivity index (χ3n) is 5.18. The molecule has 0 saturated heterocycles. The van der Waals surface area contributed by atoms with Crippen LogP contribution in [0.4, 0.5) is 0 Å². The second-order valence-corrected chi connectivity index (χ2v) is 6.67. The molecular weight excluding hydrogens is 306 g/mol. The summed E-state index contributed by atoms with van der Waals surface area (Å²) in [6, 6.07) is 7.26. The van der Waals surface area contributed by atoms with Crippen LogP contribution < -0.4 is 4.74 Å². The normalized spacial score (nSPS) is 20.0. The van der Waals surface area contributed by atoms with Gasteiger partial charge in [0.2, 0.25) is 0 Å². The van der Waals surface area contributed by atoms with E-state index in [9.17, 15) is 0 Å². The van der Waals surface area contributed by atoms with E-state index in [4.69, 9.17) is 4.74 Å². The van der Waals surface area contributed by atoms with E-state index in [-0.39, 0.29) is 12.4 Å². The number of ether oxygens (including phenoxy) is 1. The van der Waals surface area contributed by atoms with E-state index in [2.05, 4.69) is 43.9 Å². The van der Waals surface area contributed by atoms with Crippen LogP contribution in [0.3, 0.4) is 0 Å². The highest BCUT2D eigenvalue weighted by molar-refractivity contribution is 5.85. The third kappa shape index (κ3) is 4.87. The molecule has 0 saturated carbocycles. The van der Waals surface area contributed by atoms with Gasteiger partial charge in [-0.25, -0.2) is 0 Å². The predicted molar refractivity (Wildman–Crippen MR) is 102 cm³/mol. The number of nitrogens with zero attached hydrogens (tertiary/aromatic N) is 1. The number of fused-ring (bicyclic) bond motifs is 1. The maximum Gasteiger partial charge on any atom is 0.122 e. The van der Waals surface area contributed by atoms with Crippen LogP contribution in [-0.2, 0) is 6.42 Å². The fourth-order valence-electron chi connectivity index (χ4n) is 4.01. The summed E-state index contributed by atoms with van der Waals surface area (Å²) in [5.74, 6) is 1.68. The first-order valence-electron chi connectivity index (χ1n) is 9.12. The van der Waals surface area contributed by atoms with Gasteiger partial charge in [0.25, 0.3) is 0 Å². The van der Waals surface area contributed by atoms with Crippen LogP contribution in [-0.4, -0.2) is 31.1 Å². The minimum atomic E-state index is 0. The van der Waals surface area contributed by atoms with Crippen LogP contribution in [0.1, 0.15) is 69.9 Å². The molecule has 2 unspecified atom stereocenters. The van der Waals surface area contributed by atoms with Crippen molar-refractivity contribution in [2.24, 2.45) is 0 Å². The highest BCUT2D eigenvalue weighted by atomic mass is 35.5. The Morgan fingerprint density at radius 3 is 2.57 bits per heavy atom. The quantitative estimate of drug-likeness (QED) is 0.585. The zero-order chi connectivity index (χ0) is 15.9. The molecule has 1 aromatic carbocycles. The zero-order valence-corrected chi connectivity index (χ0v) is 16.1. The highest BCUT2D eigenvalue weighted by Gasteiger charge is 2.31. The smallest absolute Gasteiger partial charge is 0.122 e. The largest absolute Gasteiger partial charge is 0.496 e. The summed E-state index contributed by atoms with van der Waals surface area (Å²) in [4.78, 5) is 2.75. The molecule has 0 aromatic heterocycles. The van der Waals surface area contributed by atoms with Crippen molar-refractivity contribution in [1.82, 2.24) is 4.90 Å². The lowest BCUT2D eigenvalue weighted by atomic mass is 9.79. The Morgan fingerprint density at radius 2 is 1.91 bits per heavy atom. The average molecular weight is 340 g/mol. The third-order valence-corrected chi connectivity index (χ3v) is 5.18. The van der Waals surface area contributed by atoms with E-state index < -0.39 is 0 Å². The standard InChI is InChI=1S/C20H33NO.ClH/c1-5-7-8-15-21(14-6-2)19-13-12-18-17(16(19)3)10-9-11-20(18)22-4;/h9-11,16,19H,5-8,12-15H2,1-4H3;1H. The summed E-state index contributed by atoms with van der Waals surface area (Å²) in [6.07, 6.45) is 7.67. The average Bonchev–Trinajstić information content (AvgIpc) is 2.54. The first-order chi connectivity index (χ1) is 10.7. The first kappa shape index (κ1) is 20.3. The van der Waals surface area contributed by atoms with Crippen molar-refractivity contribution in [3.05, 3.63) is 29.3 Å². The molecule has 0 spiro atoms. The minimum absolute atomic E-state index is 0. The zero-order valence-electron chi connectivity index (χ0n) is 15.3. The number of halogens is 1. The van der Waals surface area contributed by atoms with Crippen LogP contribution >= 0.6 is 12.4 Å². The molecule has 2 atom stereocenters. The minimum Gasteiger partial charge on any atom is -0.496 e. The fourth-order valence-corrected chi connectivity index (χ4v) is 4.01. The van der Waals surface area contributed by atoms with Crippen molar-refractivity contribution < 1.29 is 4.74 Å². The van der Waals surface area contributed by atoms with Crippen LogP contribution in [0.2, 0.25) is 0 Å². The van der Waals surface area contributed by atoms with E-state index >= 15 is 0 Å². The van der Waals surface area contributed by atoms with Gasteiger partial charge in [-0.15, -0.1) is 12.4 Å². The van der Waals surface area contributed by atoms with Gasteiger partial charge >= 0.3 is 0 Å². The Balaban J connectivity index is 0.00000264. The predicted octanol–water partition coefficient (Wildman–Crippen LogP) is 5.44. The lowest BCUT2D eigenvalue weighted by Gasteiger charge is -2.40. The SMILES string of the molecule is CCCCCN(CCC)C1CCc2c(OC)cccc2C1C.Cl. The van der Waals surface area contributed by atoms with E-state index in [1.54, 1.807) is 7.11 Å². The number of unbranched alkanes of at least 4 members (excludes halogenated alkanes) is 2. The highest BCUT2D eigenvalue weighted by Crippen LogP contribution is 2.38. The lowest BCUT2D eigenvalue weighted by molar-refractivity contribution is 0.155. The Bertz CT molecular complexity index is 463. The van der Waals surface area contributed by atoms with Gasteiger partial charge in [0.15, 0.2) is 0 Å². The summed E-state index contributed by atoms with van der Waals surface area (Å²) >= 11 is 0. The Hall–Kier alpha value is -0.730. The molecule has 0 heterocycles. The number of hydrogen-bond acceptors (Lipinski definition) is 2. The summed E-state index contributed by atoms with van der Waals surface area (Å²) < 4.78 is 5.57. The van der Waals surface area contributed by atoms with Crippen LogP contribution in [0.15, 0.2) is 18.2 Å². The second-order valence-electron chi connectivity index (χ2n) is 6.67. The molecule has 1 aliphatic carbocycles. The maximum atomic E-state index is 5.57. The molecule has 0 N–H and O–H groups in total. The lowest BCUT2D eigenvalue weighted by Crippen LogP contribution is -2.42. The Labute approximate surface area is 149 Å². The van der Waals surface area contributed by atoms with Gasteiger partial charge in [-0.05, 0) is 61.9 Å². The van der Waals surface area contributed by atoms with Crippen molar-refractivity contribution >= 4 is 12.4 Å². The van der Waals surface area contributed by atoms with Gasteiger partial charge in [-0.2, -0.15) is 0 Å². The molecule has 0 bridgehead atoms. The van der Waals surface area contributed by atoms with Crippen molar-refractivity contribution in [2.75, 3.05) is 20.2 Å². The number of rotatable bonds is 8. The Morgan fingerprint density at radius 1 is 1.13 bits per heavy atom. The molecule has 0 fully saturated rings. The van der Waals surface area contributed by atoms with Crippen molar-refractivity contribution in [3.63, 3.8) is 0 Å². The molecule has 0 radical (unpaired) electrons. The molecule has 1 aliphatic rings. The van der Waals surface area contributed by atoms with E-state index in [1.807, 2.05) is 0 Å². The van der Waals surface area contributed by atoms with E-state index in [0.717, 1.165) is 12.2 Å². The van der Waals surface area contributed by atoms with Gasteiger partial charge in [0.05, 0.1) is 7.11 Å². The molecule has 1 aromatic rings. The van der Waals surface area contributed by atoms with Crippen LogP contribution in [0.5, 0.6) is 5.75 Å². The number of benzene rings is 1. The Kier molecular flexibility index (Phi) is 9.01. The molecular formula is C20H34ClNO. The number of hydrogen-bond donors (Lipinski definition) is 0. The molecule has 0 amide bonds. The second kappa shape index (κ2) is 10.2. The van der Waals surface area contributed by atoms with Crippen molar-refractivity contribution in [3.8, 4) is 5.75 Å². The topological polar surface area (TPSA) is 12.5 Å². The van der Waals surface area contributed by atoms with Gasteiger partial charge < -0.3 is 4.74 Å². The van der Waals surface area contributed by atoms with Gasteiger partial charge in [0.1, 0.15) is 5.75 Å².